The lowest BCUT2D eigenvalue weighted by Crippen LogP contribution is -2.24. The molecule has 0 spiro atoms. The molecule has 0 aromatic rings. The summed E-state index contributed by atoms with van der Waals surface area (Å²) in [5.74, 6) is -0.401. The lowest BCUT2D eigenvalue weighted by Gasteiger charge is -2.19. The molecule has 0 heterocycles. The van der Waals surface area contributed by atoms with Gasteiger partial charge in [-0.15, -0.1) is 0 Å². The fourth-order valence-corrected chi connectivity index (χ4v) is 4.33. The monoisotopic (exact) mass is 801 g/mol. The van der Waals surface area contributed by atoms with Gasteiger partial charge in [-0.2, -0.15) is 0 Å². The smallest absolute Gasteiger partial charge is 0.308 e. The molecule has 0 rings (SSSR count). The van der Waals surface area contributed by atoms with Crippen LogP contribution in [0.5, 0.6) is 0 Å². The summed E-state index contributed by atoms with van der Waals surface area (Å²) in [7, 11) is 0. The molecule has 16 nitrogen and oxygen atoms in total. The summed E-state index contributed by atoms with van der Waals surface area (Å²) in [5, 5.41) is 0. The Morgan fingerprint density at radius 3 is 0.945 bits per heavy atom. The molecule has 0 saturated heterocycles. The van der Waals surface area contributed by atoms with Crippen molar-refractivity contribution >= 4 is 11.9 Å². The van der Waals surface area contributed by atoms with Gasteiger partial charge in [-0.25, -0.2) is 0 Å². The number of unbranched alkanes of at least 4 members (excludes halogenated alkanes) is 1. The summed E-state index contributed by atoms with van der Waals surface area (Å²) < 4.78 is 76.1. The first-order chi connectivity index (χ1) is 26.8. The van der Waals surface area contributed by atoms with Crippen molar-refractivity contribution in [2.75, 3.05) is 165 Å². The van der Waals surface area contributed by atoms with Gasteiger partial charge in [-0.05, 0) is 33.6 Å². The average molecular weight is 801 g/mol. The van der Waals surface area contributed by atoms with Crippen molar-refractivity contribution in [1.29, 1.82) is 0 Å². The van der Waals surface area contributed by atoms with E-state index in [9.17, 15) is 9.59 Å². The van der Waals surface area contributed by atoms with Crippen LogP contribution >= 0.6 is 0 Å². The van der Waals surface area contributed by atoms with Crippen molar-refractivity contribution in [3.63, 3.8) is 0 Å². The molecule has 0 radical (unpaired) electrons. The zero-order valence-corrected chi connectivity index (χ0v) is 34.8. The van der Waals surface area contributed by atoms with Crippen molar-refractivity contribution in [3.05, 3.63) is 0 Å². The molecular formula is C39H76O16. The van der Waals surface area contributed by atoms with E-state index in [4.69, 9.17) is 66.3 Å². The van der Waals surface area contributed by atoms with E-state index in [2.05, 4.69) is 6.92 Å². The van der Waals surface area contributed by atoms with Crippen molar-refractivity contribution in [3.8, 4) is 0 Å². The third-order valence-corrected chi connectivity index (χ3v) is 7.17. The van der Waals surface area contributed by atoms with Crippen LogP contribution in [-0.2, 0) is 75.9 Å². The lowest BCUT2D eigenvalue weighted by atomic mass is 10.00. The summed E-state index contributed by atoms with van der Waals surface area (Å²) in [4.78, 5) is 23.6. The average Bonchev–Trinajstić information content (AvgIpc) is 3.15. The Kier molecular flexibility index (Phi) is 40.9. The van der Waals surface area contributed by atoms with Crippen LogP contribution in [0.25, 0.3) is 0 Å². The highest BCUT2D eigenvalue weighted by atomic mass is 16.6. The Hall–Kier alpha value is -1.54. The fraction of sp³-hybridized carbons (Fsp3) is 0.949. The van der Waals surface area contributed by atoms with Crippen LogP contribution in [0.1, 0.15) is 66.7 Å². The second-order valence-electron chi connectivity index (χ2n) is 13.1. The topological polar surface area (TPSA) is 163 Å². The predicted molar refractivity (Wildman–Crippen MR) is 205 cm³/mol. The van der Waals surface area contributed by atoms with Gasteiger partial charge >= 0.3 is 11.9 Å². The minimum absolute atomic E-state index is 0.00890. The Bertz CT molecular complexity index is 813. The molecule has 0 bridgehead atoms. The maximum absolute atomic E-state index is 12.0. The summed E-state index contributed by atoms with van der Waals surface area (Å²) in [5.41, 5.74) is -0.478. The van der Waals surface area contributed by atoms with E-state index in [1.54, 1.807) is 0 Å². The Balaban J connectivity index is 3.16. The summed E-state index contributed by atoms with van der Waals surface area (Å²) in [6.07, 6.45) is 4.04. The van der Waals surface area contributed by atoms with E-state index in [0.29, 0.717) is 159 Å². The van der Waals surface area contributed by atoms with E-state index in [1.165, 1.54) is 0 Å². The number of hydrogen-bond acceptors (Lipinski definition) is 16. The zero-order chi connectivity index (χ0) is 40.3. The van der Waals surface area contributed by atoms with Crippen LogP contribution in [0.3, 0.4) is 0 Å². The molecule has 0 aliphatic carbocycles. The van der Waals surface area contributed by atoms with E-state index in [-0.39, 0.29) is 30.9 Å². The fourth-order valence-electron chi connectivity index (χ4n) is 4.33. The van der Waals surface area contributed by atoms with Crippen LogP contribution in [-0.4, -0.2) is 183 Å². The van der Waals surface area contributed by atoms with Crippen molar-refractivity contribution in [2.45, 2.75) is 72.3 Å². The first kappa shape index (κ1) is 53.5. The molecule has 16 heteroatoms. The van der Waals surface area contributed by atoms with E-state index in [1.807, 2.05) is 27.7 Å². The van der Waals surface area contributed by atoms with Crippen LogP contribution in [0.15, 0.2) is 0 Å². The first-order valence-corrected chi connectivity index (χ1v) is 20.1. The molecule has 0 saturated carbocycles. The van der Waals surface area contributed by atoms with Gasteiger partial charge in [0.2, 0.25) is 0 Å². The molecule has 0 amide bonds. The molecule has 0 aliphatic heterocycles. The first-order valence-electron chi connectivity index (χ1n) is 20.1. The molecule has 328 valence electrons. The highest BCUT2D eigenvalue weighted by Gasteiger charge is 2.17. The minimum atomic E-state index is -0.478. The molecule has 0 aromatic carbocycles. The number of rotatable bonds is 44. The zero-order valence-electron chi connectivity index (χ0n) is 34.8. The van der Waals surface area contributed by atoms with E-state index in [0.717, 1.165) is 25.7 Å². The largest absolute Gasteiger partial charge is 0.463 e. The second-order valence-corrected chi connectivity index (χ2v) is 13.1. The van der Waals surface area contributed by atoms with Crippen molar-refractivity contribution in [2.24, 2.45) is 5.92 Å². The minimum Gasteiger partial charge on any atom is -0.463 e. The maximum Gasteiger partial charge on any atom is 0.308 e. The third-order valence-electron chi connectivity index (χ3n) is 7.17. The van der Waals surface area contributed by atoms with Crippen molar-refractivity contribution < 1.29 is 75.9 Å². The van der Waals surface area contributed by atoms with Gasteiger partial charge < -0.3 is 66.3 Å². The van der Waals surface area contributed by atoms with Gasteiger partial charge in [0.15, 0.2) is 0 Å². The highest BCUT2D eigenvalue weighted by molar-refractivity contribution is 5.72. The lowest BCUT2D eigenvalue weighted by molar-refractivity contribution is -0.156. The molecule has 0 N–H and O–H groups in total. The number of carbonyl (C=O) groups excluding carboxylic acids is 2. The molecule has 1 unspecified atom stereocenters. The van der Waals surface area contributed by atoms with Gasteiger partial charge in [0, 0.05) is 0 Å². The molecular weight excluding hydrogens is 724 g/mol. The van der Waals surface area contributed by atoms with Crippen LogP contribution in [0.4, 0.5) is 0 Å². The standard InChI is InChI=1S/C39H76O16/c1-6-8-9-36(7-2)38(41)54-35-34-53-33-32-52-31-30-51-29-28-50-27-26-49-25-24-48-23-22-47-21-20-46-19-18-45-17-16-44-15-14-43-13-12-42-11-10-37(40)55-39(3,4)5/h36H,6-35H2,1-5H3. The SMILES string of the molecule is CCCCC(CC)C(=O)OCCOCCOCCOCCOCCOCCOCCOCCOCCOCCOCCOCCOCCC(=O)OC(C)(C)C. The molecule has 1 atom stereocenters. The van der Waals surface area contributed by atoms with E-state index < -0.39 is 5.60 Å². The number of carbonyl (C=O) groups is 2. The Labute approximate surface area is 331 Å². The van der Waals surface area contributed by atoms with Crippen LogP contribution in [0.2, 0.25) is 0 Å². The Morgan fingerprint density at radius 1 is 0.418 bits per heavy atom. The summed E-state index contributed by atoms with van der Waals surface area (Å²) in [6.45, 7) is 21.0. The van der Waals surface area contributed by atoms with Crippen LogP contribution < -0.4 is 0 Å². The van der Waals surface area contributed by atoms with Gasteiger partial charge in [-0.1, -0.05) is 26.7 Å². The summed E-state index contributed by atoms with van der Waals surface area (Å²) in [6, 6.07) is 0. The van der Waals surface area contributed by atoms with Gasteiger partial charge in [-0.3, -0.25) is 9.59 Å². The van der Waals surface area contributed by atoms with Crippen molar-refractivity contribution in [1.82, 2.24) is 0 Å². The van der Waals surface area contributed by atoms with Gasteiger partial charge in [0.25, 0.3) is 0 Å². The molecule has 0 fully saturated rings. The normalized spacial score (nSPS) is 12.3. The van der Waals surface area contributed by atoms with Gasteiger partial charge in [0.1, 0.15) is 12.2 Å². The van der Waals surface area contributed by atoms with Gasteiger partial charge in [0.05, 0.1) is 171 Å². The highest BCUT2D eigenvalue weighted by Crippen LogP contribution is 2.14. The van der Waals surface area contributed by atoms with Crippen LogP contribution in [0, 0.1) is 5.92 Å². The molecule has 0 aromatic heterocycles. The van der Waals surface area contributed by atoms with E-state index >= 15 is 0 Å². The quantitative estimate of drug-likeness (QED) is 0.0647. The molecule has 55 heavy (non-hydrogen) atoms. The summed E-state index contributed by atoms with van der Waals surface area (Å²) >= 11 is 0. The maximum atomic E-state index is 12.0. The third kappa shape index (κ3) is 43.4. The number of ether oxygens (including phenoxy) is 14. The Morgan fingerprint density at radius 2 is 0.691 bits per heavy atom. The molecule has 0 aliphatic rings. The number of esters is 2. The second kappa shape index (κ2) is 42.1. The predicted octanol–water partition coefficient (Wildman–Crippen LogP) is 3.68. The number of hydrogen-bond donors (Lipinski definition) is 0.